The van der Waals surface area contributed by atoms with Gasteiger partial charge in [0.2, 0.25) is 5.91 Å². The SMILES string of the molecule is O=C(Cc1nncs1)N1CCN(C(=O)c2cccc(OCCC3CCCCC3)c2)CC1. The molecule has 8 heteroatoms. The molecule has 1 saturated heterocycles. The first-order valence-corrected chi connectivity index (χ1v) is 12.1. The van der Waals surface area contributed by atoms with Crippen LogP contribution in [0.3, 0.4) is 0 Å². The largest absolute Gasteiger partial charge is 0.494 e. The van der Waals surface area contributed by atoms with Gasteiger partial charge in [0, 0.05) is 31.7 Å². The normalized spacial score (nSPS) is 17.5. The highest BCUT2D eigenvalue weighted by Crippen LogP contribution is 2.26. The number of hydrogen-bond acceptors (Lipinski definition) is 6. The average molecular weight is 443 g/mol. The number of nitrogens with zero attached hydrogens (tertiary/aromatic N) is 4. The van der Waals surface area contributed by atoms with Crippen molar-refractivity contribution in [2.75, 3.05) is 32.8 Å². The highest BCUT2D eigenvalue weighted by atomic mass is 32.1. The smallest absolute Gasteiger partial charge is 0.254 e. The van der Waals surface area contributed by atoms with Gasteiger partial charge in [0.1, 0.15) is 16.3 Å². The second kappa shape index (κ2) is 10.7. The highest BCUT2D eigenvalue weighted by Gasteiger charge is 2.25. The number of hydrogen-bond donors (Lipinski definition) is 0. The van der Waals surface area contributed by atoms with Gasteiger partial charge in [0.15, 0.2) is 0 Å². The highest BCUT2D eigenvalue weighted by molar-refractivity contribution is 7.09. The number of rotatable bonds is 7. The number of amides is 2. The average Bonchev–Trinajstić information content (AvgIpc) is 3.33. The van der Waals surface area contributed by atoms with Crippen molar-refractivity contribution in [3.05, 3.63) is 40.3 Å². The van der Waals surface area contributed by atoms with E-state index in [0.29, 0.717) is 38.3 Å². The molecule has 2 aliphatic rings. The van der Waals surface area contributed by atoms with E-state index in [4.69, 9.17) is 4.74 Å². The molecule has 31 heavy (non-hydrogen) atoms. The quantitative estimate of drug-likeness (QED) is 0.657. The fraction of sp³-hybridized carbons (Fsp3) is 0.565. The maximum Gasteiger partial charge on any atom is 0.254 e. The van der Waals surface area contributed by atoms with Crippen molar-refractivity contribution in [3.8, 4) is 5.75 Å². The number of carbonyl (C=O) groups excluding carboxylic acids is 2. The van der Waals surface area contributed by atoms with E-state index >= 15 is 0 Å². The molecule has 2 heterocycles. The zero-order valence-corrected chi connectivity index (χ0v) is 18.7. The Bertz CT molecular complexity index is 859. The molecule has 1 aliphatic heterocycles. The molecule has 1 saturated carbocycles. The van der Waals surface area contributed by atoms with Crippen LogP contribution in [-0.2, 0) is 11.2 Å². The van der Waals surface area contributed by atoms with Crippen LogP contribution in [0.25, 0.3) is 0 Å². The predicted octanol–water partition coefficient (Wildman–Crippen LogP) is 3.41. The summed E-state index contributed by atoms with van der Waals surface area (Å²) in [4.78, 5) is 29.0. The van der Waals surface area contributed by atoms with E-state index in [0.717, 1.165) is 23.1 Å². The molecule has 2 aromatic rings. The Kier molecular flexibility index (Phi) is 7.51. The first-order chi connectivity index (χ1) is 15.2. The van der Waals surface area contributed by atoms with Crippen LogP contribution in [0.5, 0.6) is 5.75 Å². The van der Waals surface area contributed by atoms with Gasteiger partial charge in [0.25, 0.3) is 5.91 Å². The van der Waals surface area contributed by atoms with Crippen molar-refractivity contribution in [1.82, 2.24) is 20.0 Å². The third-order valence-corrected chi connectivity index (χ3v) is 6.93. The van der Waals surface area contributed by atoms with Gasteiger partial charge in [-0.3, -0.25) is 9.59 Å². The summed E-state index contributed by atoms with van der Waals surface area (Å²) < 4.78 is 5.95. The monoisotopic (exact) mass is 442 g/mol. The van der Waals surface area contributed by atoms with Gasteiger partial charge in [-0.1, -0.05) is 38.2 Å². The number of benzene rings is 1. The molecule has 166 valence electrons. The first-order valence-electron chi connectivity index (χ1n) is 11.2. The summed E-state index contributed by atoms with van der Waals surface area (Å²) in [5.74, 6) is 1.57. The lowest BCUT2D eigenvalue weighted by Crippen LogP contribution is -2.51. The van der Waals surface area contributed by atoms with Crippen LogP contribution in [0.2, 0.25) is 0 Å². The van der Waals surface area contributed by atoms with E-state index in [9.17, 15) is 9.59 Å². The predicted molar refractivity (Wildman–Crippen MR) is 119 cm³/mol. The molecule has 4 rings (SSSR count). The lowest BCUT2D eigenvalue weighted by atomic mass is 9.87. The van der Waals surface area contributed by atoms with E-state index in [2.05, 4.69) is 10.2 Å². The van der Waals surface area contributed by atoms with Crippen LogP contribution in [0.4, 0.5) is 0 Å². The van der Waals surface area contributed by atoms with Crippen molar-refractivity contribution in [1.29, 1.82) is 0 Å². The van der Waals surface area contributed by atoms with Crippen molar-refractivity contribution < 1.29 is 14.3 Å². The van der Waals surface area contributed by atoms with Gasteiger partial charge in [-0.2, -0.15) is 0 Å². The van der Waals surface area contributed by atoms with Crippen molar-refractivity contribution >= 4 is 23.2 Å². The second-order valence-electron chi connectivity index (χ2n) is 8.35. The number of ether oxygens (including phenoxy) is 1. The molecule has 7 nitrogen and oxygen atoms in total. The summed E-state index contributed by atoms with van der Waals surface area (Å²) in [6, 6.07) is 7.48. The first kappa shape index (κ1) is 21.7. The summed E-state index contributed by atoms with van der Waals surface area (Å²) in [5.41, 5.74) is 2.27. The zero-order chi connectivity index (χ0) is 21.5. The minimum Gasteiger partial charge on any atom is -0.494 e. The minimum absolute atomic E-state index is 0.00560. The Morgan fingerprint density at radius 3 is 2.58 bits per heavy atom. The summed E-state index contributed by atoms with van der Waals surface area (Å²) in [7, 11) is 0. The minimum atomic E-state index is -0.00560. The molecule has 0 unspecified atom stereocenters. The van der Waals surface area contributed by atoms with Crippen LogP contribution >= 0.6 is 11.3 Å². The van der Waals surface area contributed by atoms with E-state index < -0.39 is 0 Å². The Morgan fingerprint density at radius 2 is 1.84 bits per heavy atom. The Morgan fingerprint density at radius 1 is 1.06 bits per heavy atom. The summed E-state index contributed by atoms with van der Waals surface area (Å²) in [6.45, 7) is 2.86. The van der Waals surface area contributed by atoms with Gasteiger partial charge in [-0.25, -0.2) is 0 Å². The third-order valence-electron chi connectivity index (χ3n) is 6.23. The second-order valence-corrected chi connectivity index (χ2v) is 9.27. The standard InChI is InChI=1S/C23H30N4O3S/c28-22(16-21-25-24-17-31-21)26-10-12-27(13-11-26)23(29)19-7-4-8-20(15-19)30-14-9-18-5-2-1-3-6-18/h4,7-8,15,17-18H,1-3,5-6,9-14,16H2. The van der Waals surface area contributed by atoms with Crippen LogP contribution < -0.4 is 4.74 Å². The van der Waals surface area contributed by atoms with Crippen LogP contribution in [0, 0.1) is 5.92 Å². The van der Waals surface area contributed by atoms with Gasteiger partial charge >= 0.3 is 0 Å². The van der Waals surface area contributed by atoms with Gasteiger partial charge in [-0.05, 0) is 30.5 Å². The van der Waals surface area contributed by atoms with Crippen LogP contribution in [0.1, 0.15) is 53.9 Å². The molecular formula is C23H30N4O3S. The van der Waals surface area contributed by atoms with E-state index in [1.165, 1.54) is 43.4 Å². The molecule has 0 radical (unpaired) electrons. The molecular weight excluding hydrogens is 412 g/mol. The molecule has 1 aromatic carbocycles. The van der Waals surface area contributed by atoms with Crippen molar-refractivity contribution in [2.45, 2.75) is 44.9 Å². The molecule has 1 aromatic heterocycles. The fourth-order valence-electron chi connectivity index (χ4n) is 4.39. The summed E-state index contributed by atoms with van der Waals surface area (Å²) in [6.07, 6.45) is 8.05. The molecule has 2 fully saturated rings. The molecule has 1 aliphatic carbocycles. The lowest BCUT2D eigenvalue weighted by molar-refractivity contribution is -0.131. The maximum absolute atomic E-state index is 13.0. The zero-order valence-electron chi connectivity index (χ0n) is 17.9. The number of aromatic nitrogens is 2. The molecule has 0 spiro atoms. The van der Waals surface area contributed by atoms with E-state index in [1.54, 1.807) is 10.4 Å². The van der Waals surface area contributed by atoms with Gasteiger partial charge in [-0.15, -0.1) is 21.5 Å². The van der Waals surface area contributed by atoms with Crippen LogP contribution in [0.15, 0.2) is 29.8 Å². The molecule has 0 bridgehead atoms. The van der Waals surface area contributed by atoms with Crippen LogP contribution in [-0.4, -0.2) is 64.6 Å². The maximum atomic E-state index is 13.0. The Labute approximate surface area is 187 Å². The number of piperazine rings is 1. The van der Waals surface area contributed by atoms with Gasteiger partial charge < -0.3 is 14.5 Å². The molecule has 0 N–H and O–H groups in total. The third kappa shape index (κ3) is 6.03. The van der Waals surface area contributed by atoms with E-state index in [-0.39, 0.29) is 18.2 Å². The van der Waals surface area contributed by atoms with E-state index in [1.807, 2.05) is 29.2 Å². The Balaban J connectivity index is 1.24. The van der Waals surface area contributed by atoms with Crippen molar-refractivity contribution in [3.63, 3.8) is 0 Å². The molecule has 0 atom stereocenters. The Hall–Kier alpha value is -2.48. The lowest BCUT2D eigenvalue weighted by Gasteiger charge is -2.34. The van der Waals surface area contributed by atoms with Gasteiger partial charge in [0.05, 0.1) is 13.0 Å². The summed E-state index contributed by atoms with van der Waals surface area (Å²) in [5, 5.41) is 8.43. The number of carbonyl (C=O) groups is 2. The topological polar surface area (TPSA) is 75.6 Å². The molecule has 2 amide bonds. The van der Waals surface area contributed by atoms with Crippen molar-refractivity contribution in [2.24, 2.45) is 5.92 Å². The summed E-state index contributed by atoms with van der Waals surface area (Å²) >= 11 is 1.39. The fourth-order valence-corrected chi connectivity index (χ4v) is 4.91.